The van der Waals surface area contributed by atoms with Gasteiger partial charge in [0.25, 0.3) is 0 Å². The summed E-state index contributed by atoms with van der Waals surface area (Å²) >= 11 is 0. The maximum absolute atomic E-state index is 12.5. The monoisotopic (exact) mass is 324 g/mol. The van der Waals surface area contributed by atoms with Gasteiger partial charge in [0.15, 0.2) is 0 Å². The van der Waals surface area contributed by atoms with E-state index in [9.17, 15) is 4.79 Å². The third-order valence-electron chi connectivity index (χ3n) is 4.43. The van der Waals surface area contributed by atoms with E-state index in [4.69, 9.17) is 0 Å². The normalized spacial score (nSPS) is 15.3. The second-order valence-electron chi connectivity index (χ2n) is 6.07. The standard InChI is InChI=1S/C19H24N4O/c1-2-17-7-3-4-8-18(17)21-19(24)23-12-10-22(11-13-23)15-16-6-5-9-20-14-16/h3-9,14H,2,10-13,15H2,1H3,(H,21,24). The van der Waals surface area contributed by atoms with Crippen LogP contribution in [0, 0.1) is 0 Å². The topological polar surface area (TPSA) is 48.5 Å². The van der Waals surface area contributed by atoms with Gasteiger partial charge in [0, 0.05) is 50.8 Å². The van der Waals surface area contributed by atoms with Crippen molar-refractivity contribution in [3.63, 3.8) is 0 Å². The van der Waals surface area contributed by atoms with E-state index in [1.807, 2.05) is 35.4 Å². The van der Waals surface area contributed by atoms with Crippen LogP contribution in [0.3, 0.4) is 0 Å². The second kappa shape index (κ2) is 7.93. The molecule has 2 heterocycles. The fourth-order valence-corrected chi connectivity index (χ4v) is 3.00. The first-order valence-electron chi connectivity index (χ1n) is 8.51. The summed E-state index contributed by atoms with van der Waals surface area (Å²) in [6, 6.07) is 12.0. The van der Waals surface area contributed by atoms with Crippen LogP contribution in [0.4, 0.5) is 10.5 Å². The van der Waals surface area contributed by atoms with Crippen LogP contribution in [0.2, 0.25) is 0 Å². The number of carbonyl (C=O) groups excluding carboxylic acids is 1. The van der Waals surface area contributed by atoms with Crippen molar-refractivity contribution in [1.29, 1.82) is 0 Å². The molecule has 0 atom stereocenters. The summed E-state index contributed by atoms with van der Waals surface area (Å²) < 4.78 is 0. The van der Waals surface area contributed by atoms with Gasteiger partial charge in [0.1, 0.15) is 0 Å². The van der Waals surface area contributed by atoms with Crippen LogP contribution >= 0.6 is 0 Å². The van der Waals surface area contributed by atoms with Gasteiger partial charge >= 0.3 is 6.03 Å². The van der Waals surface area contributed by atoms with Gasteiger partial charge in [-0.2, -0.15) is 0 Å². The van der Waals surface area contributed by atoms with Crippen molar-refractivity contribution in [2.24, 2.45) is 0 Å². The average molecular weight is 324 g/mol. The molecule has 1 saturated heterocycles. The average Bonchev–Trinajstić information content (AvgIpc) is 2.63. The number of amides is 2. The van der Waals surface area contributed by atoms with Crippen LogP contribution in [0.5, 0.6) is 0 Å². The van der Waals surface area contributed by atoms with Crippen molar-refractivity contribution in [1.82, 2.24) is 14.8 Å². The van der Waals surface area contributed by atoms with Crippen molar-refractivity contribution in [2.75, 3.05) is 31.5 Å². The Hall–Kier alpha value is -2.40. The molecule has 0 bridgehead atoms. The molecule has 0 unspecified atom stereocenters. The molecule has 5 heteroatoms. The van der Waals surface area contributed by atoms with Gasteiger partial charge in [0.05, 0.1) is 0 Å². The third kappa shape index (κ3) is 4.11. The van der Waals surface area contributed by atoms with Crippen LogP contribution in [0.25, 0.3) is 0 Å². The molecule has 1 fully saturated rings. The Balaban J connectivity index is 1.52. The van der Waals surface area contributed by atoms with E-state index in [2.05, 4.69) is 34.3 Å². The molecular weight excluding hydrogens is 300 g/mol. The predicted molar refractivity (Wildman–Crippen MR) is 95.9 cm³/mol. The first-order chi connectivity index (χ1) is 11.8. The van der Waals surface area contributed by atoms with E-state index in [1.54, 1.807) is 6.20 Å². The maximum Gasteiger partial charge on any atom is 0.321 e. The van der Waals surface area contributed by atoms with Gasteiger partial charge in [-0.3, -0.25) is 9.88 Å². The SMILES string of the molecule is CCc1ccccc1NC(=O)N1CCN(Cc2cccnc2)CC1. The lowest BCUT2D eigenvalue weighted by atomic mass is 10.1. The zero-order valence-electron chi connectivity index (χ0n) is 14.1. The Labute approximate surface area is 143 Å². The smallest absolute Gasteiger partial charge is 0.321 e. The van der Waals surface area contributed by atoms with Gasteiger partial charge in [0.2, 0.25) is 0 Å². The molecule has 1 aromatic heterocycles. The lowest BCUT2D eigenvalue weighted by molar-refractivity contribution is 0.143. The van der Waals surface area contributed by atoms with Gasteiger partial charge in [-0.05, 0) is 29.7 Å². The fourth-order valence-electron chi connectivity index (χ4n) is 3.00. The number of aryl methyl sites for hydroxylation is 1. The molecule has 24 heavy (non-hydrogen) atoms. The van der Waals surface area contributed by atoms with Crippen molar-refractivity contribution >= 4 is 11.7 Å². The Morgan fingerprint density at radius 3 is 2.62 bits per heavy atom. The van der Waals surface area contributed by atoms with Crippen molar-refractivity contribution in [2.45, 2.75) is 19.9 Å². The quantitative estimate of drug-likeness (QED) is 0.940. The number of para-hydroxylation sites is 1. The van der Waals surface area contributed by atoms with Crippen molar-refractivity contribution in [3.8, 4) is 0 Å². The van der Waals surface area contributed by atoms with Crippen LogP contribution < -0.4 is 5.32 Å². The van der Waals surface area contributed by atoms with Gasteiger partial charge < -0.3 is 10.2 Å². The molecule has 5 nitrogen and oxygen atoms in total. The second-order valence-corrected chi connectivity index (χ2v) is 6.07. The number of nitrogens with zero attached hydrogens (tertiary/aromatic N) is 3. The maximum atomic E-state index is 12.5. The molecule has 0 radical (unpaired) electrons. The highest BCUT2D eigenvalue weighted by atomic mass is 16.2. The van der Waals surface area contributed by atoms with E-state index in [0.29, 0.717) is 0 Å². The molecule has 2 amide bonds. The van der Waals surface area contributed by atoms with Crippen LogP contribution in [-0.2, 0) is 13.0 Å². The van der Waals surface area contributed by atoms with E-state index in [0.717, 1.165) is 44.8 Å². The molecule has 1 aliphatic heterocycles. The van der Waals surface area contributed by atoms with Gasteiger partial charge in [-0.15, -0.1) is 0 Å². The zero-order chi connectivity index (χ0) is 16.8. The molecule has 0 saturated carbocycles. The Morgan fingerprint density at radius 2 is 1.92 bits per heavy atom. The molecule has 2 aromatic rings. The number of rotatable bonds is 4. The molecule has 1 aliphatic rings. The molecule has 0 aliphatic carbocycles. The molecule has 3 rings (SSSR count). The van der Waals surface area contributed by atoms with Crippen LogP contribution in [0.1, 0.15) is 18.1 Å². The molecule has 1 aromatic carbocycles. The lowest BCUT2D eigenvalue weighted by Gasteiger charge is -2.34. The molecule has 1 N–H and O–H groups in total. The summed E-state index contributed by atoms with van der Waals surface area (Å²) in [6.45, 7) is 6.26. The largest absolute Gasteiger partial charge is 0.322 e. The highest BCUT2D eigenvalue weighted by molar-refractivity contribution is 5.90. The summed E-state index contributed by atoms with van der Waals surface area (Å²) in [5, 5.41) is 3.05. The Bertz CT molecular complexity index is 666. The summed E-state index contributed by atoms with van der Waals surface area (Å²) in [4.78, 5) is 20.9. The van der Waals surface area contributed by atoms with E-state index in [1.165, 1.54) is 11.1 Å². The van der Waals surface area contributed by atoms with Crippen molar-refractivity contribution < 1.29 is 4.79 Å². The fraction of sp³-hybridized carbons (Fsp3) is 0.368. The predicted octanol–water partition coefficient (Wildman–Crippen LogP) is 2.99. The Kier molecular flexibility index (Phi) is 5.43. The molecular formula is C19H24N4O. The Morgan fingerprint density at radius 1 is 1.12 bits per heavy atom. The number of benzene rings is 1. The number of anilines is 1. The van der Waals surface area contributed by atoms with Crippen LogP contribution in [0.15, 0.2) is 48.8 Å². The highest BCUT2D eigenvalue weighted by Gasteiger charge is 2.21. The number of urea groups is 1. The minimum absolute atomic E-state index is 0.00284. The molecule has 0 spiro atoms. The third-order valence-corrected chi connectivity index (χ3v) is 4.43. The van der Waals surface area contributed by atoms with E-state index >= 15 is 0 Å². The first kappa shape index (κ1) is 16.5. The first-order valence-corrected chi connectivity index (χ1v) is 8.51. The van der Waals surface area contributed by atoms with Gasteiger partial charge in [-0.1, -0.05) is 31.2 Å². The summed E-state index contributed by atoms with van der Waals surface area (Å²) in [7, 11) is 0. The minimum Gasteiger partial charge on any atom is -0.322 e. The van der Waals surface area contributed by atoms with E-state index in [-0.39, 0.29) is 6.03 Å². The summed E-state index contributed by atoms with van der Waals surface area (Å²) in [5.41, 5.74) is 3.30. The number of nitrogens with one attached hydrogen (secondary N) is 1. The van der Waals surface area contributed by atoms with Crippen LogP contribution in [-0.4, -0.2) is 47.0 Å². The minimum atomic E-state index is -0.00284. The molecule has 126 valence electrons. The number of hydrogen-bond acceptors (Lipinski definition) is 3. The van der Waals surface area contributed by atoms with Gasteiger partial charge in [-0.25, -0.2) is 4.79 Å². The number of hydrogen-bond donors (Lipinski definition) is 1. The number of piperazine rings is 1. The highest BCUT2D eigenvalue weighted by Crippen LogP contribution is 2.16. The number of aromatic nitrogens is 1. The lowest BCUT2D eigenvalue weighted by Crippen LogP contribution is -2.49. The summed E-state index contributed by atoms with van der Waals surface area (Å²) in [6.07, 6.45) is 4.61. The zero-order valence-corrected chi connectivity index (χ0v) is 14.1. The summed E-state index contributed by atoms with van der Waals surface area (Å²) in [5.74, 6) is 0. The van der Waals surface area contributed by atoms with Crippen molar-refractivity contribution in [3.05, 3.63) is 59.9 Å². The number of pyridine rings is 1. The number of carbonyl (C=O) groups is 1. The van der Waals surface area contributed by atoms with E-state index < -0.39 is 0 Å².